The van der Waals surface area contributed by atoms with E-state index in [1.807, 2.05) is 35.7 Å². The number of hydrogen-bond donors (Lipinski definition) is 1. The Hall–Kier alpha value is -2.95. The number of nitro benzene ring substituents is 1. The first kappa shape index (κ1) is 24.3. The molecule has 162 valence electrons. The van der Waals surface area contributed by atoms with Crippen LogP contribution in [0.3, 0.4) is 0 Å². The topological polar surface area (TPSA) is 115 Å². The fourth-order valence-electron chi connectivity index (χ4n) is 2.51. The Morgan fingerprint density at radius 1 is 1.23 bits per heavy atom. The van der Waals surface area contributed by atoms with Crippen molar-refractivity contribution in [2.75, 3.05) is 12.6 Å². The van der Waals surface area contributed by atoms with E-state index in [-0.39, 0.29) is 24.4 Å². The Labute approximate surface area is 191 Å². The number of benzene rings is 2. The molecule has 0 unspecified atom stereocenters. The minimum absolute atomic E-state index is 0.111. The predicted molar refractivity (Wildman–Crippen MR) is 124 cm³/mol. The fourth-order valence-corrected chi connectivity index (χ4v) is 3.23. The summed E-state index contributed by atoms with van der Waals surface area (Å²) < 4.78 is 4.46. The number of carboxylic acid groups (broad SMARTS) is 1. The number of thiazole rings is 1. The highest BCUT2D eigenvalue weighted by atomic mass is 79.9. The number of carbonyl (C=O) groups is 1. The molecule has 0 saturated carbocycles. The van der Waals surface area contributed by atoms with Crippen molar-refractivity contribution in [2.45, 2.75) is 13.0 Å². The maximum absolute atomic E-state index is 11.5. The third-order valence-electron chi connectivity index (χ3n) is 3.93. The van der Waals surface area contributed by atoms with E-state index in [1.54, 1.807) is 19.2 Å². The lowest BCUT2D eigenvalue weighted by atomic mass is 10.1. The van der Waals surface area contributed by atoms with Crippen molar-refractivity contribution in [2.24, 2.45) is 4.99 Å². The van der Waals surface area contributed by atoms with Gasteiger partial charge in [-0.1, -0.05) is 64.5 Å². The predicted octanol–water partition coefficient (Wildman–Crippen LogP) is 4.97. The number of ether oxygens (including phenoxy) is 1. The first-order valence-electron chi connectivity index (χ1n) is 8.99. The number of alkyl halides is 1. The van der Waals surface area contributed by atoms with E-state index in [9.17, 15) is 20.0 Å². The molecule has 0 atom stereocenters. The van der Waals surface area contributed by atoms with Crippen molar-refractivity contribution in [1.82, 2.24) is 4.98 Å². The molecule has 3 aromatic rings. The van der Waals surface area contributed by atoms with Crippen LogP contribution >= 0.6 is 27.3 Å². The minimum atomic E-state index is -1.20. The number of nitrogens with zero attached hydrogens (tertiary/aromatic N) is 3. The molecule has 0 radical (unpaired) electrons. The van der Waals surface area contributed by atoms with Gasteiger partial charge in [0.1, 0.15) is 16.2 Å². The molecule has 2 aromatic carbocycles. The van der Waals surface area contributed by atoms with Gasteiger partial charge >= 0.3 is 5.97 Å². The van der Waals surface area contributed by atoms with Gasteiger partial charge in [0.2, 0.25) is 0 Å². The number of nitro groups is 1. The van der Waals surface area contributed by atoms with Gasteiger partial charge in [0.25, 0.3) is 5.69 Å². The minimum Gasteiger partial charge on any atom is -0.477 e. The summed E-state index contributed by atoms with van der Waals surface area (Å²) >= 11 is 4.42. The summed E-state index contributed by atoms with van der Waals surface area (Å²) in [6.45, 7) is 0.111. The summed E-state index contributed by atoms with van der Waals surface area (Å²) in [5, 5.41) is 23.1. The first-order chi connectivity index (χ1) is 15.0. The van der Waals surface area contributed by atoms with Crippen LogP contribution in [0.5, 0.6) is 0 Å². The molecule has 0 bridgehead atoms. The second kappa shape index (κ2) is 12.7. The Kier molecular flexibility index (Phi) is 9.95. The van der Waals surface area contributed by atoms with Crippen molar-refractivity contribution in [1.29, 1.82) is 0 Å². The van der Waals surface area contributed by atoms with Gasteiger partial charge in [-0.3, -0.25) is 15.1 Å². The zero-order valence-electron chi connectivity index (χ0n) is 16.6. The molecule has 0 saturated heterocycles. The van der Waals surface area contributed by atoms with Crippen LogP contribution in [0.4, 0.5) is 5.69 Å². The van der Waals surface area contributed by atoms with Crippen LogP contribution in [0.15, 0.2) is 65.0 Å². The molecule has 0 fully saturated rings. The molecule has 1 heterocycles. The quantitative estimate of drug-likeness (QED) is 0.200. The number of para-hydroxylation sites is 1. The Morgan fingerprint density at radius 3 is 2.48 bits per heavy atom. The molecule has 10 heteroatoms. The summed E-state index contributed by atoms with van der Waals surface area (Å²) in [5.41, 5.74) is 2.47. The molecule has 0 spiro atoms. The zero-order valence-corrected chi connectivity index (χ0v) is 19.0. The number of aliphatic carboxylic acids is 1. The van der Waals surface area contributed by atoms with Crippen molar-refractivity contribution in [3.63, 3.8) is 0 Å². The van der Waals surface area contributed by atoms with Gasteiger partial charge in [0.05, 0.1) is 17.2 Å². The Morgan fingerprint density at radius 2 is 1.87 bits per heavy atom. The fraction of sp³-hybridized carbons (Fsp3) is 0.190. The van der Waals surface area contributed by atoms with Crippen LogP contribution in [0.1, 0.15) is 10.6 Å². The van der Waals surface area contributed by atoms with E-state index in [2.05, 4.69) is 30.6 Å². The highest BCUT2D eigenvalue weighted by Crippen LogP contribution is 2.22. The molecule has 0 aliphatic rings. The lowest BCUT2D eigenvalue weighted by Crippen LogP contribution is -2.17. The van der Waals surface area contributed by atoms with Gasteiger partial charge in [0, 0.05) is 36.1 Å². The highest BCUT2D eigenvalue weighted by Gasteiger charge is 2.18. The SMILES string of the molecule is COCBr.O=C(O)C(Cc1ccccc1[N+](=O)[O-])=NCc1nc(-c2ccccc2)cs1. The molecule has 1 aromatic heterocycles. The normalized spacial score (nSPS) is 10.8. The summed E-state index contributed by atoms with van der Waals surface area (Å²) in [7, 11) is 1.63. The number of carboxylic acids is 1. The first-order valence-corrected chi connectivity index (χ1v) is 11.0. The van der Waals surface area contributed by atoms with Crippen LogP contribution in [0, 0.1) is 10.1 Å². The Balaban J connectivity index is 0.000000785. The molecular formula is C21H20BrN3O5S. The molecule has 0 aliphatic carbocycles. The molecule has 0 amide bonds. The maximum atomic E-state index is 11.5. The van der Waals surface area contributed by atoms with E-state index in [4.69, 9.17) is 0 Å². The van der Waals surface area contributed by atoms with Crippen LogP contribution < -0.4 is 0 Å². The lowest BCUT2D eigenvalue weighted by Gasteiger charge is -2.03. The van der Waals surface area contributed by atoms with Crippen molar-refractivity contribution in [3.05, 3.63) is 80.7 Å². The van der Waals surface area contributed by atoms with Gasteiger partial charge in [-0.15, -0.1) is 11.3 Å². The summed E-state index contributed by atoms with van der Waals surface area (Å²) in [5.74, 6) is -1.20. The van der Waals surface area contributed by atoms with Crippen LogP contribution in [0.25, 0.3) is 11.3 Å². The van der Waals surface area contributed by atoms with Gasteiger partial charge in [0.15, 0.2) is 0 Å². The van der Waals surface area contributed by atoms with E-state index in [1.165, 1.54) is 23.5 Å². The molecule has 31 heavy (non-hydrogen) atoms. The number of aromatic nitrogens is 1. The van der Waals surface area contributed by atoms with Crippen molar-refractivity contribution < 1.29 is 19.6 Å². The van der Waals surface area contributed by atoms with Gasteiger partial charge in [-0.2, -0.15) is 0 Å². The van der Waals surface area contributed by atoms with Gasteiger partial charge < -0.3 is 9.84 Å². The monoisotopic (exact) mass is 505 g/mol. The second-order valence-electron chi connectivity index (χ2n) is 6.02. The van der Waals surface area contributed by atoms with Crippen molar-refractivity contribution in [3.8, 4) is 11.3 Å². The van der Waals surface area contributed by atoms with E-state index >= 15 is 0 Å². The molecule has 1 N–H and O–H groups in total. The van der Waals surface area contributed by atoms with Crippen LogP contribution in [-0.4, -0.2) is 39.3 Å². The van der Waals surface area contributed by atoms with E-state index in [0.29, 0.717) is 16.1 Å². The second-order valence-corrected chi connectivity index (χ2v) is 7.42. The zero-order chi connectivity index (χ0) is 22.6. The maximum Gasteiger partial charge on any atom is 0.350 e. The third-order valence-corrected chi connectivity index (χ3v) is 5.22. The summed E-state index contributed by atoms with van der Waals surface area (Å²) in [4.78, 5) is 30.7. The van der Waals surface area contributed by atoms with Crippen molar-refractivity contribution >= 4 is 44.6 Å². The average molecular weight is 506 g/mol. The molecule has 0 aliphatic heterocycles. The number of aliphatic imine (C=N–C) groups is 1. The third kappa shape index (κ3) is 7.67. The smallest absolute Gasteiger partial charge is 0.350 e. The van der Waals surface area contributed by atoms with Crippen LogP contribution in [-0.2, 0) is 22.5 Å². The standard InChI is InChI=1S/C19H15N3O4S.C2H5BrO/c23-19(24)15(10-14-8-4-5-9-17(14)22(25)26)20-11-18-21-16(12-27-18)13-6-2-1-3-7-13;1-4-2-3/h1-9,12H,10-11H2,(H,23,24);2H2,1H3. The van der Waals surface area contributed by atoms with E-state index < -0.39 is 10.9 Å². The number of rotatable bonds is 8. The average Bonchev–Trinajstić information content (AvgIpc) is 3.26. The number of methoxy groups -OCH3 is 1. The largest absolute Gasteiger partial charge is 0.477 e. The molecule has 8 nitrogen and oxygen atoms in total. The Bertz CT molecular complexity index is 1040. The summed E-state index contributed by atoms with van der Waals surface area (Å²) in [6.07, 6.45) is -0.122. The lowest BCUT2D eigenvalue weighted by molar-refractivity contribution is -0.385. The number of hydrogen-bond acceptors (Lipinski definition) is 7. The molecule has 3 rings (SSSR count). The van der Waals surface area contributed by atoms with Gasteiger partial charge in [-0.25, -0.2) is 9.78 Å². The van der Waals surface area contributed by atoms with Crippen LogP contribution in [0.2, 0.25) is 0 Å². The number of halogens is 1. The molecular weight excluding hydrogens is 486 g/mol. The summed E-state index contributed by atoms with van der Waals surface area (Å²) in [6, 6.07) is 15.7. The van der Waals surface area contributed by atoms with E-state index in [0.717, 1.165) is 11.3 Å². The van der Waals surface area contributed by atoms with Gasteiger partial charge in [-0.05, 0) is 0 Å². The highest BCUT2D eigenvalue weighted by molar-refractivity contribution is 9.09.